The molecule has 7 heteroatoms. The highest BCUT2D eigenvalue weighted by Crippen LogP contribution is 2.30. The smallest absolute Gasteiger partial charge is 0.277 e. The third kappa shape index (κ3) is 3.60. The van der Waals surface area contributed by atoms with E-state index in [2.05, 4.69) is 17.0 Å². The van der Waals surface area contributed by atoms with Crippen LogP contribution in [-0.2, 0) is 13.5 Å². The van der Waals surface area contributed by atoms with Gasteiger partial charge in [0.25, 0.3) is 5.56 Å². The SMILES string of the molecule is CCCc1nn(C)c2c(=O)[nH]c(-c3cc(/C=C/C#N)ccc3OCC)nc12. The average molecular weight is 363 g/mol. The van der Waals surface area contributed by atoms with Crippen molar-refractivity contribution in [1.82, 2.24) is 19.7 Å². The van der Waals surface area contributed by atoms with Crippen LogP contribution in [0.3, 0.4) is 0 Å². The third-order valence-electron chi connectivity index (χ3n) is 4.16. The summed E-state index contributed by atoms with van der Waals surface area (Å²) in [5.74, 6) is 1.04. The number of aromatic nitrogens is 4. The Hall–Kier alpha value is -3.40. The number of ether oxygens (including phenoxy) is 1. The molecular weight excluding hydrogens is 342 g/mol. The van der Waals surface area contributed by atoms with Crippen LogP contribution in [0.5, 0.6) is 5.75 Å². The first kappa shape index (κ1) is 18.4. The molecule has 2 heterocycles. The van der Waals surface area contributed by atoms with Crippen LogP contribution in [0.1, 0.15) is 31.5 Å². The van der Waals surface area contributed by atoms with Gasteiger partial charge in [-0.1, -0.05) is 19.4 Å². The molecular formula is C20H21N5O2. The first-order valence-electron chi connectivity index (χ1n) is 8.88. The molecule has 0 spiro atoms. The predicted octanol–water partition coefficient (Wildman–Crippen LogP) is 3.21. The Balaban J connectivity index is 2.24. The van der Waals surface area contributed by atoms with E-state index in [1.807, 2.05) is 31.2 Å². The number of aromatic amines is 1. The van der Waals surface area contributed by atoms with E-state index in [1.165, 1.54) is 6.08 Å². The van der Waals surface area contributed by atoms with Crippen LogP contribution in [0.2, 0.25) is 0 Å². The number of aryl methyl sites for hydroxylation is 2. The number of hydrogen-bond acceptors (Lipinski definition) is 5. The molecule has 0 unspecified atom stereocenters. The second-order valence-electron chi connectivity index (χ2n) is 6.08. The lowest BCUT2D eigenvalue weighted by Gasteiger charge is -2.11. The monoisotopic (exact) mass is 363 g/mol. The lowest BCUT2D eigenvalue weighted by molar-refractivity contribution is 0.341. The average Bonchev–Trinajstić information content (AvgIpc) is 2.97. The molecule has 3 rings (SSSR count). The highest BCUT2D eigenvalue weighted by Gasteiger charge is 2.17. The number of nitrogens with one attached hydrogen (secondary N) is 1. The molecule has 0 fully saturated rings. The summed E-state index contributed by atoms with van der Waals surface area (Å²) in [6.07, 6.45) is 4.76. The molecule has 0 bridgehead atoms. The second kappa shape index (κ2) is 7.87. The van der Waals surface area contributed by atoms with Crippen LogP contribution >= 0.6 is 0 Å². The van der Waals surface area contributed by atoms with Crippen LogP contribution in [0, 0.1) is 11.3 Å². The van der Waals surface area contributed by atoms with Gasteiger partial charge < -0.3 is 9.72 Å². The van der Waals surface area contributed by atoms with Gasteiger partial charge in [-0.05, 0) is 37.1 Å². The molecule has 138 valence electrons. The minimum atomic E-state index is -0.243. The number of benzene rings is 1. The molecule has 0 atom stereocenters. The molecule has 0 saturated carbocycles. The summed E-state index contributed by atoms with van der Waals surface area (Å²) < 4.78 is 7.29. The van der Waals surface area contributed by atoms with Crippen LogP contribution < -0.4 is 10.3 Å². The summed E-state index contributed by atoms with van der Waals surface area (Å²) in [5.41, 5.74) is 3.12. The van der Waals surface area contributed by atoms with Crippen molar-refractivity contribution in [2.75, 3.05) is 6.61 Å². The van der Waals surface area contributed by atoms with Crippen molar-refractivity contribution in [2.24, 2.45) is 7.05 Å². The van der Waals surface area contributed by atoms with E-state index < -0.39 is 0 Å². The first-order valence-corrected chi connectivity index (χ1v) is 8.88. The molecule has 1 aromatic carbocycles. The summed E-state index contributed by atoms with van der Waals surface area (Å²) in [5, 5.41) is 13.2. The van der Waals surface area contributed by atoms with Gasteiger partial charge in [-0.15, -0.1) is 0 Å². The number of hydrogen-bond donors (Lipinski definition) is 1. The standard InChI is InChI=1S/C20H21N5O2/c1-4-7-15-17-18(25(3)24-15)20(26)23-19(22-17)14-12-13(8-6-11-21)9-10-16(14)27-5-2/h6,8-10,12H,4-5,7H2,1-3H3,(H,22,23,26)/b8-6+. The summed E-state index contributed by atoms with van der Waals surface area (Å²) in [4.78, 5) is 20.2. The Morgan fingerprint density at radius 3 is 2.89 bits per heavy atom. The molecule has 0 saturated heterocycles. The molecule has 0 radical (unpaired) electrons. The van der Waals surface area contributed by atoms with E-state index in [0.717, 1.165) is 24.1 Å². The maximum atomic E-state index is 12.7. The van der Waals surface area contributed by atoms with Crippen molar-refractivity contribution in [3.05, 3.63) is 45.9 Å². The van der Waals surface area contributed by atoms with Gasteiger partial charge in [-0.3, -0.25) is 9.48 Å². The molecule has 0 aliphatic heterocycles. The van der Waals surface area contributed by atoms with Crippen molar-refractivity contribution in [2.45, 2.75) is 26.7 Å². The molecule has 27 heavy (non-hydrogen) atoms. The van der Waals surface area contributed by atoms with Gasteiger partial charge >= 0.3 is 0 Å². The number of H-pyrrole nitrogens is 1. The van der Waals surface area contributed by atoms with Crippen LogP contribution in [0.4, 0.5) is 0 Å². The van der Waals surface area contributed by atoms with E-state index in [4.69, 9.17) is 15.0 Å². The van der Waals surface area contributed by atoms with Crippen molar-refractivity contribution < 1.29 is 4.74 Å². The topological polar surface area (TPSA) is 96.6 Å². The van der Waals surface area contributed by atoms with Crippen molar-refractivity contribution in [3.8, 4) is 23.2 Å². The Labute approximate surface area is 156 Å². The minimum Gasteiger partial charge on any atom is -0.493 e. The van der Waals surface area contributed by atoms with Crippen LogP contribution in [0.25, 0.3) is 28.5 Å². The first-order chi connectivity index (χ1) is 13.1. The second-order valence-corrected chi connectivity index (χ2v) is 6.08. The maximum absolute atomic E-state index is 12.7. The summed E-state index contributed by atoms with van der Waals surface area (Å²) >= 11 is 0. The number of nitriles is 1. The number of fused-ring (bicyclic) bond motifs is 1. The van der Waals surface area contributed by atoms with Crippen molar-refractivity contribution in [1.29, 1.82) is 5.26 Å². The number of nitrogens with zero attached hydrogens (tertiary/aromatic N) is 4. The Kier molecular flexibility index (Phi) is 5.36. The normalized spacial score (nSPS) is 11.2. The van der Waals surface area contributed by atoms with Crippen molar-refractivity contribution >= 4 is 17.1 Å². The lowest BCUT2D eigenvalue weighted by Crippen LogP contribution is -2.12. The zero-order valence-electron chi connectivity index (χ0n) is 15.6. The summed E-state index contributed by atoms with van der Waals surface area (Å²) in [6, 6.07) is 7.49. The van der Waals surface area contributed by atoms with Gasteiger partial charge in [0.15, 0.2) is 5.52 Å². The summed E-state index contributed by atoms with van der Waals surface area (Å²) in [6.45, 7) is 4.45. The zero-order chi connectivity index (χ0) is 19.4. The van der Waals surface area contributed by atoms with E-state index in [9.17, 15) is 4.79 Å². The number of allylic oxidation sites excluding steroid dienone is 1. The molecule has 2 aromatic heterocycles. The van der Waals surface area contributed by atoms with Gasteiger partial charge in [0.2, 0.25) is 0 Å². The van der Waals surface area contributed by atoms with Gasteiger partial charge in [-0.25, -0.2) is 4.98 Å². The fourth-order valence-corrected chi connectivity index (χ4v) is 3.03. The van der Waals surface area contributed by atoms with E-state index in [1.54, 1.807) is 17.8 Å². The van der Waals surface area contributed by atoms with Crippen LogP contribution in [0.15, 0.2) is 29.1 Å². The van der Waals surface area contributed by atoms with E-state index >= 15 is 0 Å². The largest absolute Gasteiger partial charge is 0.493 e. The Morgan fingerprint density at radius 2 is 2.19 bits per heavy atom. The molecule has 7 nitrogen and oxygen atoms in total. The zero-order valence-corrected chi connectivity index (χ0v) is 15.6. The predicted molar refractivity (Wildman–Crippen MR) is 104 cm³/mol. The highest BCUT2D eigenvalue weighted by molar-refractivity contribution is 5.80. The van der Waals surface area contributed by atoms with E-state index in [0.29, 0.717) is 34.8 Å². The van der Waals surface area contributed by atoms with Gasteiger partial charge in [0, 0.05) is 13.1 Å². The lowest BCUT2D eigenvalue weighted by atomic mass is 10.1. The molecule has 0 amide bonds. The van der Waals surface area contributed by atoms with E-state index in [-0.39, 0.29) is 5.56 Å². The van der Waals surface area contributed by atoms with Crippen LogP contribution in [-0.4, -0.2) is 26.4 Å². The molecule has 1 N–H and O–H groups in total. The number of rotatable bonds is 6. The van der Waals surface area contributed by atoms with Gasteiger partial charge in [-0.2, -0.15) is 10.4 Å². The fourth-order valence-electron chi connectivity index (χ4n) is 3.03. The minimum absolute atomic E-state index is 0.243. The summed E-state index contributed by atoms with van der Waals surface area (Å²) in [7, 11) is 1.75. The van der Waals surface area contributed by atoms with Gasteiger partial charge in [0.1, 0.15) is 17.1 Å². The molecule has 3 aromatic rings. The van der Waals surface area contributed by atoms with Crippen molar-refractivity contribution in [3.63, 3.8) is 0 Å². The Morgan fingerprint density at radius 1 is 1.37 bits per heavy atom. The fraction of sp³-hybridized carbons (Fsp3) is 0.300. The molecule has 0 aliphatic carbocycles. The third-order valence-corrected chi connectivity index (χ3v) is 4.16. The molecule has 0 aliphatic rings. The van der Waals surface area contributed by atoms with Gasteiger partial charge in [0.05, 0.1) is 23.9 Å². The quantitative estimate of drug-likeness (QED) is 0.678. The maximum Gasteiger partial charge on any atom is 0.277 e. The highest BCUT2D eigenvalue weighted by atomic mass is 16.5. The Bertz CT molecular complexity index is 1100.